The molecule has 7 heteroatoms. The number of pyridine rings is 1. The molecule has 180 valence electrons. The van der Waals surface area contributed by atoms with E-state index in [1.54, 1.807) is 14.2 Å². The first-order valence-corrected chi connectivity index (χ1v) is 11.7. The quantitative estimate of drug-likeness (QED) is 0.333. The van der Waals surface area contributed by atoms with E-state index < -0.39 is 0 Å². The molecule has 0 unspecified atom stereocenters. The van der Waals surface area contributed by atoms with Crippen molar-refractivity contribution < 1.29 is 9.47 Å². The fourth-order valence-corrected chi connectivity index (χ4v) is 4.34. The molecule has 0 saturated heterocycles. The standard InChI is InChI=1S/C28H29N3O3S/c1-18-12-19(2)25-14-21(27(32)30-26(25)13-18)17-31(16-20-8-10-23(33-3)11-9-20)28(35)29-22-6-5-7-24(15-22)34-4/h5-15H,16-17H2,1-4H3,(H,29,35)(H,30,32). The van der Waals surface area contributed by atoms with Crippen LogP contribution in [0.5, 0.6) is 11.5 Å². The van der Waals surface area contributed by atoms with Crippen LogP contribution in [-0.2, 0) is 13.1 Å². The minimum Gasteiger partial charge on any atom is -0.497 e. The SMILES string of the molecule is COc1ccc(CN(Cc2cc3c(C)cc(C)cc3[nH]c2=O)C(=S)Nc2cccc(OC)c2)cc1. The molecule has 0 amide bonds. The average Bonchev–Trinajstić information content (AvgIpc) is 2.84. The zero-order valence-electron chi connectivity index (χ0n) is 20.3. The number of nitrogens with zero attached hydrogens (tertiary/aromatic N) is 1. The molecule has 1 heterocycles. The number of nitrogens with one attached hydrogen (secondary N) is 2. The van der Waals surface area contributed by atoms with Crippen LogP contribution in [-0.4, -0.2) is 29.2 Å². The summed E-state index contributed by atoms with van der Waals surface area (Å²) in [5.41, 5.74) is 5.46. The second-order valence-electron chi connectivity index (χ2n) is 8.53. The van der Waals surface area contributed by atoms with Crippen LogP contribution in [0.4, 0.5) is 5.69 Å². The third kappa shape index (κ3) is 5.81. The molecule has 0 bridgehead atoms. The Kier molecular flexibility index (Phi) is 7.36. The summed E-state index contributed by atoms with van der Waals surface area (Å²) in [4.78, 5) is 18.0. The summed E-state index contributed by atoms with van der Waals surface area (Å²) in [5.74, 6) is 1.52. The maximum Gasteiger partial charge on any atom is 0.253 e. The van der Waals surface area contributed by atoms with Crippen molar-refractivity contribution in [1.82, 2.24) is 9.88 Å². The van der Waals surface area contributed by atoms with Gasteiger partial charge in [-0.3, -0.25) is 4.79 Å². The number of methoxy groups -OCH3 is 2. The van der Waals surface area contributed by atoms with Gasteiger partial charge in [-0.1, -0.05) is 24.3 Å². The Morgan fingerprint density at radius 3 is 2.40 bits per heavy atom. The molecule has 0 atom stereocenters. The van der Waals surface area contributed by atoms with Gasteiger partial charge in [0, 0.05) is 34.8 Å². The van der Waals surface area contributed by atoms with Crippen LogP contribution < -0.4 is 20.3 Å². The van der Waals surface area contributed by atoms with Gasteiger partial charge in [-0.05, 0) is 79.2 Å². The lowest BCUT2D eigenvalue weighted by molar-refractivity contribution is 0.406. The highest BCUT2D eigenvalue weighted by atomic mass is 32.1. The van der Waals surface area contributed by atoms with Gasteiger partial charge in [-0.15, -0.1) is 0 Å². The predicted octanol–water partition coefficient (Wildman–Crippen LogP) is 5.56. The second kappa shape index (κ2) is 10.6. The van der Waals surface area contributed by atoms with Crippen LogP contribution >= 0.6 is 12.2 Å². The van der Waals surface area contributed by atoms with E-state index in [0.29, 0.717) is 23.8 Å². The van der Waals surface area contributed by atoms with Crippen molar-refractivity contribution in [3.05, 3.63) is 99.3 Å². The first kappa shape index (κ1) is 24.3. The number of benzene rings is 3. The summed E-state index contributed by atoms with van der Waals surface area (Å²) >= 11 is 5.80. The average molecular weight is 488 g/mol. The molecule has 3 aromatic carbocycles. The van der Waals surface area contributed by atoms with Gasteiger partial charge < -0.3 is 24.7 Å². The third-order valence-corrected chi connectivity index (χ3v) is 6.25. The van der Waals surface area contributed by atoms with Crippen molar-refractivity contribution >= 4 is 33.9 Å². The molecule has 0 aliphatic rings. The number of hydrogen-bond acceptors (Lipinski definition) is 4. The van der Waals surface area contributed by atoms with E-state index in [-0.39, 0.29) is 5.56 Å². The van der Waals surface area contributed by atoms with Gasteiger partial charge in [0.1, 0.15) is 11.5 Å². The van der Waals surface area contributed by atoms with Gasteiger partial charge in [0.05, 0.1) is 20.8 Å². The van der Waals surface area contributed by atoms with Gasteiger partial charge in [0.2, 0.25) is 0 Å². The molecule has 6 nitrogen and oxygen atoms in total. The van der Waals surface area contributed by atoms with Crippen LogP contribution in [0, 0.1) is 13.8 Å². The summed E-state index contributed by atoms with van der Waals surface area (Å²) in [6.07, 6.45) is 0. The zero-order chi connectivity index (χ0) is 24.9. The van der Waals surface area contributed by atoms with Crippen LogP contribution in [0.3, 0.4) is 0 Å². The van der Waals surface area contributed by atoms with E-state index in [0.717, 1.165) is 44.8 Å². The van der Waals surface area contributed by atoms with E-state index in [1.165, 1.54) is 0 Å². The van der Waals surface area contributed by atoms with Crippen LogP contribution in [0.1, 0.15) is 22.3 Å². The van der Waals surface area contributed by atoms with Gasteiger partial charge >= 0.3 is 0 Å². The molecule has 0 radical (unpaired) electrons. The highest BCUT2D eigenvalue weighted by Gasteiger charge is 2.15. The van der Waals surface area contributed by atoms with E-state index >= 15 is 0 Å². The fraction of sp³-hybridized carbons (Fsp3) is 0.214. The minimum absolute atomic E-state index is 0.119. The van der Waals surface area contributed by atoms with Crippen LogP contribution in [0.2, 0.25) is 0 Å². The number of hydrogen-bond donors (Lipinski definition) is 2. The van der Waals surface area contributed by atoms with E-state index in [1.807, 2.05) is 72.5 Å². The topological polar surface area (TPSA) is 66.6 Å². The lowest BCUT2D eigenvalue weighted by atomic mass is 10.0. The molecule has 35 heavy (non-hydrogen) atoms. The monoisotopic (exact) mass is 487 g/mol. The van der Waals surface area contributed by atoms with Gasteiger partial charge in [-0.2, -0.15) is 0 Å². The number of anilines is 1. The van der Waals surface area contributed by atoms with Gasteiger partial charge in [-0.25, -0.2) is 0 Å². The van der Waals surface area contributed by atoms with Crippen molar-refractivity contribution in [1.29, 1.82) is 0 Å². The highest BCUT2D eigenvalue weighted by Crippen LogP contribution is 2.22. The number of thiocarbonyl (C=S) groups is 1. The number of rotatable bonds is 7. The largest absolute Gasteiger partial charge is 0.497 e. The summed E-state index contributed by atoms with van der Waals surface area (Å²) in [5, 5.41) is 4.83. The number of aromatic nitrogens is 1. The molecular formula is C28H29N3O3S. The molecule has 4 rings (SSSR count). The van der Waals surface area contributed by atoms with E-state index in [2.05, 4.69) is 23.3 Å². The van der Waals surface area contributed by atoms with E-state index in [9.17, 15) is 4.79 Å². The molecule has 0 saturated carbocycles. The number of aromatic amines is 1. The normalized spacial score (nSPS) is 10.7. The molecule has 0 fully saturated rings. The van der Waals surface area contributed by atoms with Crippen LogP contribution in [0.25, 0.3) is 10.9 Å². The third-order valence-electron chi connectivity index (χ3n) is 5.89. The highest BCUT2D eigenvalue weighted by molar-refractivity contribution is 7.80. The van der Waals surface area contributed by atoms with Crippen molar-refractivity contribution in [2.75, 3.05) is 19.5 Å². The van der Waals surface area contributed by atoms with Crippen LogP contribution in [0.15, 0.2) is 71.5 Å². The summed E-state index contributed by atoms with van der Waals surface area (Å²) in [6, 6.07) is 21.5. The second-order valence-corrected chi connectivity index (χ2v) is 8.92. The van der Waals surface area contributed by atoms with Gasteiger partial charge in [0.25, 0.3) is 5.56 Å². The maximum absolute atomic E-state index is 13.0. The maximum atomic E-state index is 13.0. The number of ether oxygens (including phenoxy) is 2. The lowest BCUT2D eigenvalue weighted by Crippen LogP contribution is -2.35. The first-order valence-electron chi connectivity index (χ1n) is 11.3. The molecule has 0 aliphatic carbocycles. The molecular weight excluding hydrogens is 458 g/mol. The summed E-state index contributed by atoms with van der Waals surface area (Å²) < 4.78 is 10.6. The lowest BCUT2D eigenvalue weighted by Gasteiger charge is -2.26. The fourth-order valence-electron chi connectivity index (χ4n) is 4.09. The number of aryl methyl sites for hydroxylation is 2. The molecule has 4 aromatic rings. The first-order chi connectivity index (χ1) is 16.9. The van der Waals surface area contributed by atoms with Crippen molar-refractivity contribution in [2.45, 2.75) is 26.9 Å². The molecule has 0 aliphatic heterocycles. The van der Waals surface area contributed by atoms with Crippen molar-refractivity contribution in [2.24, 2.45) is 0 Å². The van der Waals surface area contributed by atoms with Crippen molar-refractivity contribution in [3.8, 4) is 11.5 Å². The Balaban J connectivity index is 1.66. The van der Waals surface area contributed by atoms with Crippen molar-refractivity contribution in [3.63, 3.8) is 0 Å². The minimum atomic E-state index is -0.119. The smallest absolute Gasteiger partial charge is 0.253 e. The Morgan fingerprint density at radius 1 is 0.943 bits per heavy atom. The number of H-pyrrole nitrogens is 1. The Morgan fingerprint density at radius 2 is 1.69 bits per heavy atom. The van der Waals surface area contributed by atoms with Gasteiger partial charge in [0.15, 0.2) is 5.11 Å². The van der Waals surface area contributed by atoms with E-state index in [4.69, 9.17) is 21.7 Å². The Hall–Kier alpha value is -3.84. The Labute approximate surface area is 210 Å². The molecule has 1 aromatic heterocycles. The zero-order valence-corrected chi connectivity index (χ0v) is 21.2. The summed E-state index contributed by atoms with van der Waals surface area (Å²) in [7, 11) is 3.27. The summed E-state index contributed by atoms with van der Waals surface area (Å²) in [6.45, 7) is 4.95. The Bertz CT molecular complexity index is 1410. The molecule has 2 N–H and O–H groups in total. The number of fused-ring (bicyclic) bond motifs is 1. The predicted molar refractivity (Wildman–Crippen MR) is 145 cm³/mol. The molecule has 0 spiro atoms.